The molecule has 0 N–H and O–H groups in total. The predicted octanol–water partition coefficient (Wildman–Crippen LogP) is -0.221. The minimum atomic E-state index is -3.26. The molecule has 2 saturated heterocycles. The standard InChI is InChI=1S/C10H16N2O5S/c1-2-5-18(15,16)11-4-3-8(6-11)12-9(13)7-17-10(12)14/h8H,2-7H2,1H3. The molecule has 2 heterocycles. The van der Waals surface area contributed by atoms with Crippen LogP contribution in [-0.2, 0) is 19.6 Å². The van der Waals surface area contributed by atoms with Gasteiger partial charge in [0.1, 0.15) is 0 Å². The van der Waals surface area contributed by atoms with Gasteiger partial charge in [0.25, 0.3) is 5.91 Å². The maximum absolute atomic E-state index is 11.9. The number of rotatable bonds is 4. The molecule has 18 heavy (non-hydrogen) atoms. The molecule has 7 nitrogen and oxygen atoms in total. The van der Waals surface area contributed by atoms with Crippen LogP contribution in [0, 0.1) is 0 Å². The Morgan fingerprint density at radius 3 is 2.67 bits per heavy atom. The molecule has 2 fully saturated rings. The third-order valence-corrected chi connectivity index (χ3v) is 5.17. The first-order chi connectivity index (χ1) is 8.45. The van der Waals surface area contributed by atoms with Crippen LogP contribution in [-0.4, -0.2) is 61.1 Å². The third-order valence-electron chi connectivity index (χ3n) is 3.13. The molecule has 0 aliphatic carbocycles. The molecule has 2 amide bonds. The summed E-state index contributed by atoms with van der Waals surface area (Å²) in [6.45, 7) is 2.09. The van der Waals surface area contributed by atoms with E-state index in [-0.39, 0.29) is 30.9 Å². The van der Waals surface area contributed by atoms with Crippen molar-refractivity contribution in [1.29, 1.82) is 0 Å². The number of hydrogen-bond donors (Lipinski definition) is 0. The fourth-order valence-corrected chi connectivity index (χ4v) is 3.84. The van der Waals surface area contributed by atoms with Crippen molar-refractivity contribution in [2.75, 3.05) is 25.4 Å². The monoisotopic (exact) mass is 276 g/mol. The Morgan fingerprint density at radius 1 is 1.39 bits per heavy atom. The van der Waals surface area contributed by atoms with E-state index in [1.807, 2.05) is 0 Å². The zero-order valence-corrected chi connectivity index (χ0v) is 11.0. The molecule has 0 aromatic rings. The van der Waals surface area contributed by atoms with E-state index in [4.69, 9.17) is 0 Å². The highest BCUT2D eigenvalue weighted by molar-refractivity contribution is 7.89. The summed E-state index contributed by atoms with van der Waals surface area (Å²) in [6.07, 6.45) is 0.359. The van der Waals surface area contributed by atoms with E-state index in [1.54, 1.807) is 6.92 Å². The molecule has 2 rings (SSSR count). The number of ether oxygens (including phenoxy) is 1. The lowest BCUT2D eigenvalue weighted by Crippen LogP contribution is -2.42. The number of imide groups is 1. The highest BCUT2D eigenvalue weighted by Crippen LogP contribution is 2.22. The Bertz CT molecular complexity index is 445. The fraction of sp³-hybridized carbons (Fsp3) is 0.800. The van der Waals surface area contributed by atoms with E-state index in [0.717, 1.165) is 4.90 Å². The Morgan fingerprint density at radius 2 is 2.11 bits per heavy atom. The van der Waals surface area contributed by atoms with Crippen LogP contribution < -0.4 is 0 Å². The first-order valence-electron chi connectivity index (χ1n) is 5.92. The SMILES string of the molecule is CCCS(=O)(=O)N1CCC(N2C(=O)COC2=O)C1. The number of amides is 2. The molecule has 0 bridgehead atoms. The zero-order valence-electron chi connectivity index (χ0n) is 10.2. The Hall–Kier alpha value is -1.15. The third kappa shape index (κ3) is 2.35. The maximum Gasteiger partial charge on any atom is 0.417 e. The molecule has 102 valence electrons. The van der Waals surface area contributed by atoms with E-state index in [0.29, 0.717) is 19.4 Å². The number of cyclic esters (lactones) is 1. The van der Waals surface area contributed by atoms with Gasteiger partial charge in [-0.3, -0.25) is 4.79 Å². The van der Waals surface area contributed by atoms with Crippen molar-refractivity contribution < 1.29 is 22.7 Å². The van der Waals surface area contributed by atoms with Gasteiger partial charge in [-0.25, -0.2) is 18.1 Å². The lowest BCUT2D eigenvalue weighted by atomic mass is 10.2. The summed E-state index contributed by atoms with van der Waals surface area (Å²) in [5.74, 6) is -0.294. The van der Waals surface area contributed by atoms with Gasteiger partial charge in [-0.15, -0.1) is 0 Å². The molecule has 0 aromatic carbocycles. The van der Waals surface area contributed by atoms with Crippen LogP contribution in [0.15, 0.2) is 0 Å². The number of nitrogens with zero attached hydrogens (tertiary/aromatic N) is 2. The minimum absolute atomic E-state index is 0.0954. The second kappa shape index (κ2) is 4.85. The van der Waals surface area contributed by atoms with Gasteiger partial charge in [-0.1, -0.05) is 6.92 Å². The largest absolute Gasteiger partial charge is 0.439 e. The van der Waals surface area contributed by atoms with Gasteiger partial charge in [0.05, 0.1) is 11.8 Å². The average Bonchev–Trinajstić information content (AvgIpc) is 2.86. The van der Waals surface area contributed by atoms with Crippen molar-refractivity contribution in [3.05, 3.63) is 0 Å². The van der Waals surface area contributed by atoms with Gasteiger partial charge in [0.2, 0.25) is 10.0 Å². The number of sulfonamides is 1. The highest BCUT2D eigenvalue weighted by atomic mass is 32.2. The summed E-state index contributed by atoms with van der Waals surface area (Å²) < 4.78 is 29.7. The van der Waals surface area contributed by atoms with Crippen LogP contribution in [0.5, 0.6) is 0 Å². The lowest BCUT2D eigenvalue weighted by Gasteiger charge is -2.20. The van der Waals surface area contributed by atoms with Crippen molar-refractivity contribution in [2.24, 2.45) is 0 Å². The van der Waals surface area contributed by atoms with Crippen molar-refractivity contribution in [1.82, 2.24) is 9.21 Å². The molecule has 8 heteroatoms. The smallest absolute Gasteiger partial charge is 0.417 e. The van der Waals surface area contributed by atoms with Gasteiger partial charge >= 0.3 is 6.09 Å². The van der Waals surface area contributed by atoms with Gasteiger partial charge in [0, 0.05) is 13.1 Å². The highest BCUT2D eigenvalue weighted by Gasteiger charge is 2.42. The Balaban J connectivity index is 2.05. The van der Waals surface area contributed by atoms with Crippen molar-refractivity contribution in [2.45, 2.75) is 25.8 Å². The number of carbonyl (C=O) groups is 2. The summed E-state index contributed by atoms with van der Waals surface area (Å²) in [5, 5.41) is 0. The van der Waals surface area contributed by atoms with Gasteiger partial charge in [-0.2, -0.15) is 4.31 Å². The number of hydrogen-bond acceptors (Lipinski definition) is 5. The van der Waals surface area contributed by atoms with Crippen LogP contribution in [0.1, 0.15) is 19.8 Å². The molecular weight excluding hydrogens is 260 g/mol. The molecule has 0 spiro atoms. The first-order valence-corrected chi connectivity index (χ1v) is 7.53. The van der Waals surface area contributed by atoms with Crippen molar-refractivity contribution in [3.63, 3.8) is 0 Å². The zero-order chi connectivity index (χ0) is 13.3. The van der Waals surface area contributed by atoms with Gasteiger partial charge in [0.15, 0.2) is 6.61 Å². The summed E-state index contributed by atoms with van der Waals surface area (Å²) in [6, 6.07) is -0.390. The molecule has 0 aromatic heterocycles. The van der Waals surface area contributed by atoms with Crippen LogP contribution in [0.2, 0.25) is 0 Å². The van der Waals surface area contributed by atoms with Gasteiger partial charge < -0.3 is 4.74 Å². The molecule has 2 aliphatic rings. The molecule has 1 unspecified atom stereocenters. The summed E-state index contributed by atoms with van der Waals surface area (Å²) >= 11 is 0. The second-order valence-electron chi connectivity index (χ2n) is 4.43. The van der Waals surface area contributed by atoms with Crippen LogP contribution in [0.3, 0.4) is 0 Å². The van der Waals surface area contributed by atoms with Crippen LogP contribution >= 0.6 is 0 Å². The minimum Gasteiger partial charge on any atom is -0.439 e. The molecular formula is C10H16N2O5S. The topological polar surface area (TPSA) is 84.0 Å². The van der Waals surface area contributed by atoms with E-state index in [2.05, 4.69) is 4.74 Å². The van der Waals surface area contributed by atoms with E-state index in [1.165, 1.54) is 4.31 Å². The van der Waals surface area contributed by atoms with E-state index < -0.39 is 16.1 Å². The van der Waals surface area contributed by atoms with E-state index >= 15 is 0 Å². The first kappa shape index (κ1) is 13.3. The average molecular weight is 276 g/mol. The van der Waals surface area contributed by atoms with Crippen LogP contribution in [0.25, 0.3) is 0 Å². The molecule has 0 saturated carbocycles. The lowest BCUT2D eigenvalue weighted by molar-refractivity contribution is -0.127. The number of carbonyl (C=O) groups excluding carboxylic acids is 2. The normalized spacial score (nSPS) is 25.8. The summed E-state index contributed by atoms with van der Waals surface area (Å²) in [5.41, 5.74) is 0. The van der Waals surface area contributed by atoms with E-state index in [9.17, 15) is 18.0 Å². The summed E-state index contributed by atoms with van der Waals surface area (Å²) in [7, 11) is -3.26. The van der Waals surface area contributed by atoms with Crippen LogP contribution in [0.4, 0.5) is 4.79 Å². The Kier molecular flexibility index (Phi) is 3.58. The molecule has 0 radical (unpaired) electrons. The fourth-order valence-electron chi connectivity index (χ4n) is 2.28. The van der Waals surface area contributed by atoms with Crippen molar-refractivity contribution in [3.8, 4) is 0 Å². The van der Waals surface area contributed by atoms with Gasteiger partial charge in [-0.05, 0) is 12.8 Å². The van der Waals surface area contributed by atoms with Crippen molar-refractivity contribution >= 4 is 22.0 Å². The summed E-state index contributed by atoms with van der Waals surface area (Å²) in [4.78, 5) is 23.9. The molecule has 2 aliphatic heterocycles. The second-order valence-corrected chi connectivity index (χ2v) is 6.52. The maximum atomic E-state index is 11.9. The quantitative estimate of drug-likeness (QED) is 0.708. The predicted molar refractivity (Wildman–Crippen MR) is 62.2 cm³/mol. The molecule has 1 atom stereocenters. The Labute approximate surface area is 106 Å².